The molecule has 0 spiro atoms. The van der Waals surface area contributed by atoms with Gasteiger partial charge in [-0.2, -0.15) is 0 Å². The molecule has 4 heteroatoms. The highest BCUT2D eigenvalue weighted by atomic mass is 16.1. The molecule has 0 saturated heterocycles. The highest BCUT2D eigenvalue weighted by molar-refractivity contribution is 5.75. The Balaban J connectivity index is 1.83. The summed E-state index contributed by atoms with van der Waals surface area (Å²) in [7, 11) is 0. The van der Waals surface area contributed by atoms with Gasteiger partial charge in [-0.05, 0) is 42.5 Å². The molecular weight excluding hydrogens is 298 g/mol. The van der Waals surface area contributed by atoms with Crippen molar-refractivity contribution in [3.63, 3.8) is 0 Å². The van der Waals surface area contributed by atoms with Crippen LogP contribution in [-0.2, 0) is 0 Å². The molecule has 0 saturated carbocycles. The summed E-state index contributed by atoms with van der Waals surface area (Å²) in [6, 6.07) is 17.2. The predicted octanol–water partition coefficient (Wildman–Crippen LogP) is 4.29. The minimum absolute atomic E-state index is 0.162. The molecule has 3 N–H and O–H groups in total. The fourth-order valence-corrected chi connectivity index (χ4v) is 3.17. The highest BCUT2D eigenvalue weighted by Gasteiger charge is 2.17. The van der Waals surface area contributed by atoms with Crippen LogP contribution in [0.4, 0.5) is 0 Å². The van der Waals surface area contributed by atoms with Crippen molar-refractivity contribution < 1.29 is 0 Å². The Morgan fingerprint density at radius 3 is 2.33 bits per heavy atom. The normalized spacial score (nSPS) is 14.2. The molecule has 0 radical (unpaired) electrons. The number of benzene rings is 2. The Morgan fingerprint density at radius 2 is 1.62 bits per heavy atom. The lowest BCUT2D eigenvalue weighted by molar-refractivity contribution is 0.394. The molecule has 126 valence electrons. The van der Waals surface area contributed by atoms with Crippen LogP contribution in [-0.4, -0.2) is 9.97 Å². The van der Waals surface area contributed by atoms with Gasteiger partial charge < -0.3 is 15.3 Å². The van der Waals surface area contributed by atoms with Gasteiger partial charge in [0.25, 0.3) is 0 Å². The van der Waals surface area contributed by atoms with Crippen LogP contribution in [0.5, 0.6) is 0 Å². The van der Waals surface area contributed by atoms with Crippen molar-refractivity contribution in [1.82, 2.24) is 15.3 Å². The molecule has 0 aliphatic rings. The molecule has 4 nitrogen and oxygen atoms in total. The zero-order chi connectivity index (χ0) is 17.1. The molecule has 2 atom stereocenters. The molecule has 1 aromatic heterocycles. The third-order valence-electron chi connectivity index (χ3n) is 4.40. The Hall–Kier alpha value is -2.33. The molecule has 3 rings (SSSR count). The lowest BCUT2D eigenvalue weighted by atomic mass is 9.95. The zero-order valence-electron chi connectivity index (χ0n) is 14.5. The quantitative estimate of drug-likeness (QED) is 0.633. The van der Waals surface area contributed by atoms with E-state index in [1.165, 1.54) is 11.1 Å². The molecular formula is C20H25N3O. The molecule has 0 fully saturated rings. The third kappa shape index (κ3) is 3.77. The van der Waals surface area contributed by atoms with Crippen molar-refractivity contribution in [2.75, 3.05) is 0 Å². The largest absolute Gasteiger partial charge is 0.323 e. The number of imidazole rings is 1. The minimum atomic E-state index is -0.162. The number of aromatic amines is 2. The number of H-pyrrole nitrogens is 2. The van der Waals surface area contributed by atoms with E-state index in [0.29, 0.717) is 12.0 Å². The van der Waals surface area contributed by atoms with Crippen LogP contribution in [0.25, 0.3) is 11.0 Å². The second-order valence-electron chi connectivity index (χ2n) is 6.87. The third-order valence-corrected chi connectivity index (χ3v) is 4.40. The van der Waals surface area contributed by atoms with Gasteiger partial charge in [-0.3, -0.25) is 0 Å². The van der Waals surface area contributed by atoms with E-state index in [-0.39, 0.29) is 11.7 Å². The first-order chi connectivity index (χ1) is 11.5. The molecule has 0 amide bonds. The van der Waals surface area contributed by atoms with Gasteiger partial charge in [0.2, 0.25) is 0 Å². The maximum atomic E-state index is 11.4. The van der Waals surface area contributed by atoms with E-state index in [9.17, 15) is 4.79 Å². The van der Waals surface area contributed by atoms with Gasteiger partial charge in [-0.25, -0.2) is 4.79 Å². The van der Waals surface area contributed by atoms with E-state index in [1.807, 2.05) is 12.1 Å². The lowest BCUT2D eigenvalue weighted by Gasteiger charge is -2.25. The van der Waals surface area contributed by atoms with Crippen LogP contribution in [0.2, 0.25) is 0 Å². The fourth-order valence-electron chi connectivity index (χ4n) is 3.17. The van der Waals surface area contributed by atoms with Gasteiger partial charge in [0.1, 0.15) is 0 Å². The predicted molar refractivity (Wildman–Crippen MR) is 99.1 cm³/mol. The van der Waals surface area contributed by atoms with E-state index >= 15 is 0 Å². The smallest absolute Gasteiger partial charge is 0.306 e. The van der Waals surface area contributed by atoms with Crippen molar-refractivity contribution in [1.29, 1.82) is 0 Å². The van der Waals surface area contributed by atoms with E-state index in [4.69, 9.17) is 0 Å². The summed E-state index contributed by atoms with van der Waals surface area (Å²) in [4.78, 5) is 17.0. The van der Waals surface area contributed by atoms with E-state index < -0.39 is 0 Å². The molecule has 1 heterocycles. The molecule has 24 heavy (non-hydrogen) atoms. The maximum absolute atomic E-state index is 11.4. The summed E-state index contributed by atoms with van der Waals surface area (Å²) in [6.45, 7) is 6.67. The summed E-state index contributed by atoms with van der Waals surface area (Å²) in [5.41, 5.74) is 4.02. The number of nitrogens with one attached hydrogen (secondary N) is 3. The zero-order valence-corrected chi connectivity index (χ0v) is 14.5. The Morgan fingerprint density at radius 1 is 0.917 bits per heavy atom. The van der Waals surface area contributed by atoms with Gasteiger partial charge in [0, 0.05) is 12.1 Å². The van der Waals surface area contributed by atoms with Crippen molar-refractivity contribution in [2.24, 2.45) is 5.92 Å². The number of hydrogen-bond donors (Lipinski definition) is 3. The summed E-state index contributed by atoms with van der Waals surface area (Å²) >= 11 is 0. The molecule has 0 unspecified atom stereocenters. The number of hydrogen-bond acceptors (Lipinski definition) is 2. The van der Waals surface area contributed by atoms with E-state index in [1.54, 1.807) is 0 Å². The average molecular weight is 323 g/mol. The average Bonchev–Trinajstić information content (AvgIpc) is 2.93. The molecule has 3 aromatic rings. The Kier molecular flexibility index (Phi) is 4.86. The second kappa shape index (κ2) is 7.05. The fraction of sp³-hybridized carbons (Fsp3) is 0.350. The molecule has 2 aromatic carbocycles. The molecule has 0 bridgehead atoms. The number of aromatic nitrogens is 2. The van der Waals surface area contributed by atoms with Crippen LogP contribution < -0.4 is 11.0 Å². The van der Waals surface area contributed by atoms with Gasteiger partial charge in [0.15, 0.2) is 0 Å². The highest BCUT2D eigenvalue weighted by Crippen LogP contribution is 2.26. The summed E-state index contributed by atoms with van der Waals surface area (Å²) in [6.07, 6.45) is 1.08. The van der Waals surface area contributed by atoms with Crippen LogP contribution in [0.15, 0.2) is 53.3 Å². The van der Waals surface area contributed by atoms with Crippen molar-refractivity contribution in [3.05, 3.63) is 70.1 Å². The van der Waals surface area contributed by atoms with Crippen LogP contribution in [0.1, 0.15) is 50.4 Å². The minimum Gasteiger partial charge on any atom is -0.306 e. The first-order valence-electron chi connectivity index (χ1n) is 8.56. The summed E-state index contributed by atoms with van der Waals surface area (Å²) < 4.78 is 0. The first kappa shape index (κ1) is 16.5. The van der Waals surface area contributed by atoms with Crippen LogP contribution in [0, 0.1) is 5.92 Å². The summed E-state index contributed by atoms with van der Waals surface area (Å²) in [5, 5.41) is 3.75. The first-order valence-corrected chi connectivity index (χ1v) is 8.56. The Bertz CT molecular complexity index is 848. The van der Waals surface area contributed by atoms with Gasteiger partial charge in [0.05, 0.1) is 11.0 Å². The Labute approximate surface area is 142 Å². The number of fused-ring (bicyclic) bond motifs is 1. The van der Waals surface area contributed by atoms with Gasteiger partial charge >= 0.3 is 5.69 Å². The van der Waals surface area contributed by atoms with Crippen LogP contribution >= 0.6 is 0 Å². The molecule has 0 aliphatic carbocycles. The molecule has 0 aliphatic heterocycles. The van der Waals surface area contributed by atoms with Crippen molar-refractivity contribution in [3.8, 4) is 0 Å². The second-order valence-corrected chi connectivity index (χ2v) is 6.87. The van der Waals surface area contributed by atoms with E-state index in [0.717, 1.165) is 17.5 Å². The lowest BCUT2D eigenvalue weighted by Crippen LogP contribution is -2.26. The van der Waals surface area contributed by atoms with Gasteiger partial charge in [-0.1, -0.05) is 50.2 Å². The van der Waals surface area contributed by atoms with Gasteiger partial charge in [-0.15, -0.1) is 0 Å². The summed E-state index contributed by atoms with van der Waals surface area (Å²) in [5.74, 6) is 0.610. The standard InChI is InChI=1S/C20H25N3O/c1-13(2)11-18(15-7-5-4-6-8-15)21-14(3)16-9-10-17-19(12-16)23-20(24)22-17/h4-10,12-14,18,21H,11H2,1-3H3,(H2,22,23,24)/t14-,18-/m0/s1. The maximum Gasteiger partial charge on any atom is 0.323 e. The van der Waals surface area contributed by atoms with Crippen LogP contribution in [0.3, 0.4) is 0 Å². The number of rotatable bonds is 6. The monoisotopic (exact) mass is 323 g/mol. The van der Waals surface area contributed by atoms with Crippen molar-refractivity contribution in [2.45, 2.75) is 39.3 Å². The van der Waals surface area contributed by atoms with Crippen molar-refractivity contribution >= 4 is 11.0 Å². The topological polar surface area (TPSA) is 60.7 Å². The SMILES string of the molecule is CC(C)C[C@H](N[C@@H](C)c1ccc2[nH]c(=O)[nH]c2c1)c1ccccc1. The van der Waals surface area contributed by atoms with E-state index in [2.05, 4.69) is 72.5 Å².